The smallest absolute Gasteiger partial charge is 0.119 e. The van der Waals surface area contributed by atoms with Crippen LogP contribution in [0.2, 0.25) is 0 Å². The Labute approximate surface area is 113 Å². The Kier molecular flexibility index (Phi) is 5.24. The van der Waals surface area contributed by atoms with Crippen LogP contribution in [0.1, 0.15) is 18.4 Å². The van der Waals surface area contributed by atoms with Gasteiger partial charge in [0.25, 0.3) is 0 Å². The molecule has 1 saturated heterocycles. The third-order valence-corrected chi connectivity index (χ3v) is 3.22. The van der Waals surface area contributed by atoms with E-state index in [-0.39, 0.29) is 0 Å². The van der Waals surface area contributed by atoms with Gasteiger partial charge >= 0.3 is 0 Å². The number of H-pyrrole nitrogens is 1. The second-order valence-corrected chi connectivity index (χ2v) is 4.58. The minimum absolute atomic E-state index is 0.671. The van der Waals surface area contributed by atoms with Crippen LogP contribution in [0.25, 0.3) is 10.9 Å². The van der Waals surface area contributed by atoms with Crippen LogP contribution in [0.3, 0.4) is 0 Å². The number of nitrogens with two attached hydrogens (primary N) is 1. The summed E-state index contributed by atoms with van der Waals surface area (Å²) < 4.78 is 10.1. The molecule has 1 aliphatic rings. The van der Waals surface area contributed by atoms with E-state index in [2.05, 4.69) is 4.98 Å². The Morgan fingerprint density at radius 1 is 1.32 bits per heavy atom. The number of rotatable bonds is 3. The van der Waals surface area contributed by atoms with Gasteiger partial charge in [-0.3, -0.25) is 0 Å². The standard InChI is InChI=1S/C11H14N2O.C4H8O/c1-14-9-2-3-11-10(6-9)8(4-5-12)7-13-11;1-2-4-5-3-1/h2-3,6-7,13H,4-5,12H2,1H3;1-4H2. The molecule has 0 amide bonds. The SMILES string of the molecule is C1CCOC1.COc1ccc2[nH]cc(CCN)c2c1. The highest BCUT2D eigenvalue weighted by atomic mass is 16.5. The van der Waals surface area contributed by atoms with E-state index in [9.17, 15) is 0 Å². The molecule has 0 radical (unpaired) electrons. The van der Waals surface area contributed by atoms with Gasteiger partial charge in [-0.05, 0) is 49.6 Å². The topological polar surface area (TPSA) is 60.3 Å². The summed E-state index contributed by atoms with van der Waals surface area (Å²) in [5, 5.41) is 1.20. The summed E-state index contributed by atoms with van der Waals surface area (Å²) in [6.45, 7) is 2.67. The third kappa shape index (κ3) is 3.72. The summed E-state index contributed by atoms with van der Waals surface area (Å²) in [5.74, 6) is 0.885. The number of nitrogens with one attached hydrogen (secondary N) is 1. The molecule has 0 atom stereocenters. The minimum atomic E-state index is 0.671. The molecule has 1 aromatic heterocycles. The van der Waals surface area contributed by atoms with Gasteiger partial charge < -0.3 is 20.2 Å². The molecule has 4 heteroatoms. The molecule has 0 aliphatic carbocycles. The molecule has 0 spiro atoms. The first-order valence-corrected chi connectivity index (χ1v) is 6.77. The van der Waals surface area contributed by atoms with Crippen LogP contribution in [0, 0.1) is 0 Å². The summed E-state index contributed by atoms with van der Waals surface area (Å²) in [6.07, 6.45) is 5.46. The lowest BCUT2D eigenvalue weighted by Gasteiger charge is -2.00. The maximum absolute atomic E-state index is 5.54. The van der Waals surface area contributed by atoms with Crippen LogP contribution >= 0.6 is 0 Å². The Balaban J connectivity index is 0.000000224. The highest BCUT2D eigenvalue weighted by Gasteiger charge is 2.03. The molecule has 19 heavy (non-hydrogen) atoms. The van der Waals surface area contributed by atoms with Gasteiger partial charge in [0.2, 0.25) is 0 Å². The van der Waals surface area contributed by atoms with Crippen LogP contribution in [-0.4, -0.2) is 31.9 Å². The molecule has 1 fully saturated rings. The average Bonchev–Trinajstić information content (AvgIpc) is 3.12. The zero-order valence-corrected chi connectivity index (χ0v) is 11.4. The molecule has 0 unspecified atom stereocenters. The fourth-order valence-corrected chi connectivity index (χ4v) is 2.16. The van der Waals surface area contributed by atoms with Gasteiger partial charge in [0, 0.05) is 30.3 Å². The molecular formula is C15H22N2O2. The third-order valence-electron chi connectivity index (χ3n) is 3.22. The van der Waals surface area contributed by atoms with Crippen molar-refractivity contribution in [1.29, 1.82) is 0 Å². The van der Waals surface area contributed by atoms with Gasteiger partial charge in [0.05, 0.1) is 7.11 Å². The average molecular weight is 262 g/mol. The molecule has 4 nitrogen and oxygen atoms in total. The van der Waals surface area contributed by atoms with E-state index >= 15 is 0 Å². The van der Waals surface area contributed by atoms with Crippen LogP contribution in [0.5, 0.6) is 5.75 Å². The quantitative estimate of drug-likeness (QED) is 0.893. The number of benzene rings is 1. The van der Waals surface area contributed by atoms with Crippen LogP contribution < -0.4 is 10.5 Å². The van der Waals surface area contributed by atoms with Gasteiger partial charge in [-0.2, -0.15) is 0 Å². The van der Waals surface area contributed by atoms with Gasteiger partial charge in [-0.15, -0.1) is 0 Å². The summed E-state index contributed by atoms with van der Waals surface area (Å²) >= 11 is 0. The van der Waals surface area contributed by atoms with Crippen molar-refractivity contribution in [2.24, 2.45) is 5.73 Å². The molecule has 0 saturated carbocycles. The number of fused-ring (bicyclic) bond motifs is 1. The summed E-state index contributed by atoms with van der Waals surface area (Å²) in [6, 6.07) is 6.01. The van der Waals surface area contributed by atoms with Crippen molar-refractivity contribution in [3.05, 3.63) is 30.0 Å². The van der Waals surface area contributed by atoms with Gasteiger partial charge in [0.1, 0.15) is 5.75 Å². The van der Waals surface area contributed by atoms with E-state index in [0.29, 0.717) is 6.54 Å². The van der Waals surface area contributed by atoms with Crippen molar-refractivity contribution in [2.75, 3.05) is 26.9 Å². The van der Waals surface area contributed by atoms with E-state index in [4.69, 9.17) is 15.2 Å². The van der Waals surface area contributed by atoms with Crippen LogP contribution in [0.15, 0.2) is 24.4 Å². The van der Waals surface area contributed by atoms with E-state index < -0.39 is 0 Å². The number of methoxy groups -OCH3 is 1. The molecule has 3 N–H and O–H groups in total. The van der Waals surface area contributed by atoms with E-state index in [0.717, 1.165) is 30.9 Å². The van der Waals surface area contributed by atoms with Crippen LogP contribution in [0.4, 0.5) is 0 Å². The summed E-state index contributed by atoms with van der Waals surface area (Å²) in [4.78, 5) is 3.21. The highest BCUT2D eigenvalue weighted by Crippen LogP contribution is 2.23. The second-order valence-electron chi connectivity index (χ2n) is 4.58. The first-order chi connectivity index (χ1) is 9.35. The molecule has 2 heterocycles. The minimum Gasteiger partial charge on any atom is -0.497 e. The van der Waals surface area contributed by atoms with E-state index in [1.165, 1.54) is 23.8 Å². The van der Waals surface area contributed by atoms with Gasteiger partial charge in [-0.25, -0.2) is 0 Å². The van der Waals surface area contributed by atoms with E-state index in [1.54, 1.807) is 7.11 Å². The first-order valence-electron chi connectivity index (χ1n) is 6.77. The molecular weight excluding hydrogens is 240 g/mol. The maximum Gasteiger partial charge on any atom is 0.119 e. The lowest BCUT2D eigenvalue weighted by atomic mass is 10.1. The number of hydrogen-bond acceptors (Lipinski definition) is 3. The van der Waals surface area contributed by atoms with Crippen molar-refractivity contribution >= 4 is 10.9 Å². The lowest BCUT2D eigenvalue weighted by molar-refractivity contribution is 0.198. The Bertz CT molecular complexity index is 496. The van der Waals surface area contributed by atoms with Crippen molar-refractivity contribution in [3.63, 3.8) is 0 Å². The zero-order valence-electron chi connectivity index (χ0n) is 11.4. The number of aromatic nitrogens is 1. The fraction of sp³-hybridized carbons (Fsp3) is 0.467. The maximum atomic E-state index is 5.54. The summed E-state index contributed by atoms with van der Waals surface area (Å²) in [5.41, 5.74) is 7.92. The molecule has 3 rings (SSSR count). The molecule has 104 valence electrons. The monoisotopic (exact) mass is 262 g/mol. The summed E-state index contributed by atoms with van der Waals surface area (Å²) in [7, 11) is 1.68. The molecule has 0 bridgehead atoms. The Morgan fingerprint density at radius 3 is 2.68 bits per heavy atom. The largest absolute Gasteiger partial charge is 0.497 e. The van der Waals surface area contributed by atoms with Crippen LogP contribution in [-0.2, 0) is 11.2 Å². The van der Waals surface area contributed by atoms with E-state index in [1.807, 2.05) is 24.4 Å². The Hall–Kier alpha value is -1.52. The predicted molar refractivity (Wildman–Crippen MR) is 77.7 cm³/mol. The molecule has 1 aliphatic heterocycles. The highest BCUT2D eigenvalue weighted by molar-refractivity contribution is 5.84. The zero-order chi connectivity index (χ0) is 13.5. The number of ether oxygens (including phenoxy) is 2. The predicted octanol–water partition coefficient (Wildman–Crippen LogP) is 2.47. The normalized spacial score (nSPS) is 14.2. The lowest BCUT2D eigenvalue weighted by Crippen LogP contribution is -2.01. The number of hydrogen-bond donors (Lipinski definition) is 2. The first kappa shape index (κ1) is 13.9. The van der Waals surface area contributed by atoms with Crippen molar-refractivity contribution < 1.29 is 9.47 Å². The second kappa shape index (κ2) is 7.16. The number of aromatic amines is 1. The van der Waals surface area contributed by atoms with Crippen molar-refractivity contribution in [1.82, 2.24) is 4.98 Å². The Morgan fingerprint density at radius 2 is 2.11 bits per heavy atom. The molecule has 2 aromatic rings. The van der Waals surface area contributed by atoms with Crippen molar-refractivity contribution in [2.45, 2.75) is 19.3 Å². The van der Waals surface area contributed by atoms with Gasteiger partial charge in [0.15, 0.2) is 0 Å². The van der Waals surface area contributed by atoms with Crippen molar-refractivity contribution in [3.8, 4) is 5.75 Å². The molecule has 1 aromatic carbocycles. The van der Waals surface area contributed by atoms with Gasteiger partial charge in [-0.1, -0.05) is 0 Å². The fourth-order valence-electron chi connectivity index (χ4n) is 2.16.